The van der Waals surface area contributed by atoms with Crippen molar-refractivity contribution in [3.63, 3.8) is 0 Å². The first kappa shape index (κ1) is 16.6. The minimum Gasteiger partial charge on any atom is -0.354 e. The van der Waals surface area contributed by atoms with Crippen LogP contribution in [-0.4, -0.2) is 18.3 Å². The lowest BCUT2D eigenvalue weighted by molar-refractivity contribution is 0.672. The molecular weight excluding hydrogens is 320 g/mol. The van der Waals surface area contributed by atoms with Crippen molar-refractivity contribution in [3.05, 3.63) is 85.0 Å². The molecule has 26 heavy (non-hydrogen) atoms. The summed E-state index contributed by atoms with van der Waals surface area (Å²) < 4.78 is 9.07. The van der Waals surface area contributed by atoms with Crippen molar-refractivity contribution in [1.82, 2.24) is 18.3 Å². The summed E-state index contributed by atoms with van der Waals surface area (Å²) in [7, 11) is 0. The summed E-state index contributed by atoms with van der Waals surface area (Å²) in [6, 6.07) is 10.7. The fraction of sp³-hybridized carbons (Fsp3) is 0.273. The van der Waals surface area contributed by atoms with E-state index < -0.39 is 0 Å². The molecule has 0 spiro atoms. The Bertz CT molecular complexity index is 966. The average molecular weight is 346 g/mol. The van der Waals surface area contributed by atoms with Crippen LogP contribution in [0.5, 0.6) is 0 Å². The summed E-state index contributed by atoms with van der Waals surface area (Å²) in [6.45, 7) is 8.18. The minimum atomic E-state index is 0.902. The quantitative estimate of drug-likeness (QED) is 0.462. The molecule has 4 aromatic rings. The van der Waals surface area contributed by atoms with Crippen LogP contribution >= 0.6 is 0 Å². The Morgan fingerprint density at radius 2 is 1.54 bits per heavy atom. The minimum absolute atomic E-state index is 0.902. The van der Waals surface area contributed by atoms with Crippen LogP contribution in [0.4, 0.5) is 0 Å². The Morgan fingerprint density at radius 3 is 2.31 bits per heavy atom. The van der Waals surface area contributed by atoms with Crippen LogP contribution in [0.2, 0.25) is 0 Å². The van der Waals surface area contributed by atoms with Gasteiger partial charge in [0.05, 0.1) is 6.54 Å². The molecule has 0 radical (unpaired) electrons. The number of aryl methyl sites for hydroxylation is 2. The first-order chi connectivity index (χ1) is 12.8. The van der Waals surface area contributed by atoms with Gasteiger partial charge in [0.15, 0.2) is 0 Å². The fourth-order valence-electron chi connectivity index (χ4n) is 3.58. The van der Waals surface area contributed by atoms with E-state index in [0.717, 1.165) is 26.2 Å². The number of rotatable bonds is 7. The van der Waals surface area contributed by atoms with Crippen LogP contribution < -0.4 is 0 Å². The van der Waals surface area contributed by atoms with Crippen molar-refractivity contribution in [2.24, 2.45) is 0 Å². The lowest BCUT2D eigenvalue weighted by Gasteiger charge is -2.07. The van der Waals surface area contributed by atoms with Crippen LogP contribution in [0.25, 0.3) is 11.1 Å². The zero-order valence-corrected chi connectivity index (χ0v) is 15.5. The van der Waals surface area contributed by atoms with Crippen molar-refractivity contribution in [2.75, 3.05) is 0 Å². The smallest absolute Gasteiger partial charge is 0.0622 e. The monoisotopic (exact) mass is 346 g/mol. The Morgan fingerprint density at radius 1 is 0.692 bits per heavy atom. The molecule has 0 aliphatic carbocycles. The first-order valence-electron chi connectivity index (χ1n) is 9.36. The third-order valence-electron chi connectivity index (χ3n) is 5.02. The molecule has 0 unspecified atom stereocenters. The molecule has 0 N–H and O–H groups in total. The highest BCUT2D eigenvalue weighted by Crippen LogP contribution is 2.26. The molecule has 0 saturated carbocycles. The van der Waals surface area contributed by atoms with E-state index in [1.54, 1.807) is 0 Å². The predicted molar refractivity (Wildman–Crippen MR) is 106 cm³/mol. The number of aromatic nitrogens is 4. The number of hydrogen-bond donors (Lipinski definition) is 0. The third-order valence-corrected chi connectivity index (χ3v) is 5.02. The van der Waals surface area contributed by atoms with E-state index >= 15 is 0 Å². The first-order valence-corrected chi connectivity index (χ1v) is 9.36. The molecule has 0 bridgehead atoms. The van der Waals surface area contributed by atoms with E-state index in [4.69, 9.17) is 0 Å². The van der Waals surface area contributed by atoms with Gasteiger partial charge >= 0.3 is 0 Å². The average Bonchev–Trinajstić information content (AvgIpc) is 3.43. The molecule has 134 valence electrons. The second-order valence-corrected chi connectivity index (χ2v) is 6.74. The van der Waals surface area contributed by atoms with Gasteiger partial charge in [0.2, 0.25) is 0 Å². The molecule has 0 atom stereocenters. The standard InChI is InChI=1S/C22H26N4/c1-3-23-15-20(16-24-10-5-6-11-24)22(18-23)19-9-13-25(14-19)17-21-8-7-12-26(21)4-2/h5-15,18H,3-4,16-17H2,1-2H3. The van der Waals surface area contributed by atoms with E-state index in [0.29, 0.717) is 0 Å². The van der Waals surface area contributed by atoms with Gasteiger partial charge in [-0.3, -0.25) is 0 Å². The second-order valence-electron chi connectivity index (χ2n) is 6.74. The second kappa shape index (κ2) is 7.16. The molecule has 0 fully saturated rings. The van der Waals surface area contributed by atoms with E-state index in [1.165, 1.54) is 22.4 Å². The molecular formula is C22H26N4. The summed E-state index contributed by atoms with van der Waals surface area (Å²) in [4.78, 5) is 0. The van der Waals surface area contributed by atoms with Crippen molar-refractivity contribution in [3.8, 4) is 11.1 Å². The SMILES string of the molecule is CCn1cc(Cn2cccc2)c(-c2ccn(Cc3cccn3CC)c2)c1. The topological polar surface area (TPSA) is 19.7 Å². The van der Waals surface area contributed by atoms with E-state index in [1.807, 2.05) is 0 Å². The third kappa shape index (κ3) is 3.27. The normalized spacial score (nSPS) is 11.3. The lowest BCUT2D eigenvalue weighted by atomic mass is 10.1. The highest BCUT2D eigenvalue weighted by atomic mass is 15.0. The van der Waals surface area contributed by atoms with Gasteiger partial charge in [-0.1, -0.05) is 0 Å². The molecule has 4 heteroatoms. The van der Waals surface area contributed by atoms with Gasteiger partial charge in [-0.2, -0.15) is 0 Å². The van der Waals surface area contributed by atoms with Gasteiger partial charge < -0.3 is 18.3 Å². The van der Waals surface area contributed by atoms with Gasteiger partial charge in [0.1, 0.15) is 0 Å². The largest absolute Gasteiger partial charge is 0.354 e. The Labute approximate surface area is 154 Å². The molecule has 0 amide bonds. The highest BCUT2D eigenvalue weighted by molar-refractivity contribution is 5.66. The van der Waals surface area contributed by atoms with Crippen LogP contribution in [-0.2, 0) is 26.2 Å². The Kier molecular flexibility index (Phi) is 4.57. The van der Waals surface area contributed by atoms with Gasteiger partial charge in [-0.15, -0.1) is 0 Å². The van der Waals surface area contributed by atoms with Crippen LogP contribution in [0.3, 0.4) is 0 Å². The molecule has 0 aromatic carbocycles. The predicted octanol–water partition coefficient (Wildman–Crippen LogP) is 4.70. The highest BCUT2D eigenvalue weighted by Gasteiger charge is 2.11. The summed E-state index contributed by atoms with van der Waals surface area (Å²) in [6.07, 6.45) is 15.4. The van der Waals surface area contributed by atoms with E-state index in [9.17, 15) is 0 Å². The summed E-state index contributed by atoms with van der Waals surface area (Å²) >= 11 is 0. The molecule has 4 rings (SSSR count). The van der Waals surface area contributed by atoms with Crippen LogP contribution in [0.1, 0.15) is 25.1 Å². The van der Waals surface area contributed by atoms with Crippen molar-refractivity contribution >= 4 is 0 Å². The molecule has 0 saturated heterocycles. The summed E-state index contributed by atoms with van der Waals surface area (Å²) in [5.41, 5.74) is 5.31. The van der Waals surface area contributed by atoms with Gasteiger partial charge in [-0.05, 0) is 49.7 Å². The van der Waals surface area contributed by atoms with Crippen molar-refractivity contribution in [1.29, 1.82) is 0 Å². The van der Waals surface area contributed by atoms with Crippen LogP contribution in [0.15, 0.2) is 73.7 Å². The van der Waals surface area contributed by atoms with Crippen LogP contribution in [0, 0.1) is 0 Å². The lowest BCUT2D eigenvalue weighted by Crippen LogP contribution is -2.04. The molecule has 4 heterocycles. The summed E-state index contributed by atoms with van der Waals surface area (Å²) in [5, 5.41) is 0. The molecule has 4 nitrogen and oxygen atoms in total. The molecule has 0 aliphatic heterocycles. The zero-order chi connectivity index (χ0) is 17.9. The molecule has 4 aromatic heterocycles. The van der Waals surface area contributed by atoms with Gasteiger partial charge in [0.25, 0.3) is 0 Å². The maximum Gasteiger partial charge on any atom is 0.0622 e. The summed E-state index contributed by atoms with van der Waals surface area (Å²) in [5.74, 6) is 0. The maximum atomic E-state index is 2.30. The molecule has 0 aliphatic rings. The number of hydrogen-bond acceptors (Lipinski definition) is 0. The fourth-order valence-corrected chi connectivity index (χ4v) is 3.58. The van der Waals surface area contributed by atoms with E-state index in [-0.39, 0.29) is 0 Å². The van der Waals surface area contributed by atoms with Crippen molar-refractivity contribution < 1.29 is 0 Å². The maximum absolute atomic E-state index is 2.30. The van der Waals surface area contributed by atoms with E-state index in [2.05, 4.69) is 106 Å². The number of nitrogens with zero attached hydrogens (tertiary/aromatic N) is 4. The van der Waals surface area contributed by atoms with Gasteiger partial charge in [0, 0.05) is 79.8 Å². The van der Waals surface area contributed by atoms with Gasteiger partial charge in [-0.25, -0.2) is 0 Å². The Balaban J connectivity index is 1.61. The zero-order valence-electron chi connectivity index (χ0n) is 15.5. The van der Waals surface area contributed by atoms with Crippen molar-refractivity contribution in [2.45, 2.75) is 40.0 Å². The Hall–Kier alpha value is -2.88.